The van der Waals surface area contributed by atoms with Crippen molar-refractivity contribution in [1.29, 1.82) is 0 Å². The fraction of sp³-hybridized carbons (Fsp3) is 0.368. The van der Waals surface area contributed by atoms with Gasteiger partial charge in [0.25, 0.3) is 5.91 Å². The van der Waals surface area contributed by atoms with Crippen molar-refractivity contribution in [3.05, 3.63) is 59.5 Å². The molecule has 2 aromatic rings. The first-order chi connectivity index (χ1) is 11.6. The highest BCUT2D eigenvalue weighted by molar-refractivity contribution is 5.90. The first-order valence-corrected chi connectivity index (χ1v) is 8.18. The number of carbonyl (C=O) groups excluding carboxylic acids is 2. The molecule has 5 heteroatoms. The number of ether oxygens (including phenoxy) is 1. The molecule has 0 spiro atoms. The Kier molecular flexibility index (Phi) is 6.61. The van der Waals surface area contributed by atoms with E-state index < -0.39 is 12.1 Å². The Morgan fingerprint density at radius 3 is 2.58 bits per heavy atom. The third kappa shape index (κ3) is 5.26. The molecule has 1 N–H and O–H groups in total. The van der Waals surface area contributed by atoms with Crippen LogP contribution in [0.4, 0.5) is 0 Å². The molecule has 0 aliphatic heterocycles. The summed E-state index contributed by atoms with van der Waals surface area (Å²) in [6.07, 6.45) is 2.79. The number of amides is 1. The van der Waals surface area contributed by atoms with Crippen LogP contribution in [0.25, 0.3) is 0 Å². The number of rotatable bonds is 8. The molecule has 0 bridgehead atoms. The summed E-state index contributed by atoms with van der Waals surface area (Å²) in [4.78, 5) is 24.4. The minimum absolute atomic E-state index is 0.0998. The lowest BCUT2D eigenvalue weighted by atomic mass is 10.1. The van der Waals surface area contributed by atoms with E-state index in [0.29, 0.717) is 13.0 Å². The van der Waals surface area contributed by atoms with Crippen LogP contribution in [0.3, 0.4) is 0 Å². The Bertz CT molecular complexity index is 647. The predicted octanol–water partition coefficient (Wildman–Crippen LogP) is 3.62. The number of hydrogen-bond donors (Lipinski definition) is 1. The van der Waals surface area contributed by atoms with Gasteiger partial charge in [0, 0.05) is 6.54 Å². The zero-order chi connectivity index (χ0) is 17.4. The number of furan rings is 1. The van der Waals surface area contributed by atoms with E-state index in [2.05, 4.69) is 5.32 Å². The van der Waals surface area contributed by atoms with Crippen LogP contribution in [-0.4, -0.2) is 18.0 Å². The molecule has 0 fully saturated rings. The third-order valence-electron chi connectivity index (χ3n) is 3.67. The van der Waals surface area contributed by atoms with E-state index in [1.807, 2.05) is 38.1 Å². The van der Waals surface area contributed by atoms with Gasteiger partial charge in [0.1, 0.15) is 0 Å². The number of benzene rings is 1. The highest BCUT2D eigenvalue weighted by Gasteiger charge is 2.24. The van der Waals surface area contributed by atoms with Gasteiger partial charge in [-0.1, -0.05) is 43.2 Å². The zero-order valence-corrected chi connectivity index (χ0v) is 14.1. The van der Waals surface area contributed by atoms with Gasteiger partial charge in [-0.2, -0.15) is 0 Å². The smallest absolute Gasteiger partial charge is 0.374 e. The molecule has 0 aliphatic carbocycles. The molecular formula is C19H23NO4. The summed E-state index contributed by atoms with van der Waals surface area (Å²) in [5.74, 6) is -0.807. The van der Waals surface area contributed by atoms with Crippen LogP contribution in [0.5, 0.6) is 0 Å². The van der Waals surface area contributed by atoms with Gasteiger partial charge in [0.05, 0.1) is 6.26 Å². The Labute approximate surface area is 142 Å². The summed E-state index contributed by atoms with van der Waals surface area (Å²) in [7, 11) is 0. The van der Waals surface area contributed by atoms with Crippen molar-refractivity contribution in [1.82, 2.24) is 5.32 Å². The molecule has 0 saturated heterocycles. The van der Waals surface area contributed by atoms with Gasteiger partial charge in [-0.15, -0.1) is 0 Å². The Balaban J connectivity index is 1.93. The molecule has 0 radical (unpaired) electrons. The number of aryl methyl sites for hydroxylation is 1. The van der Waals surface area contributed by atoms with Gasteiger partial charge >= 0.3 is 5.97 Å². The topological polar surface area (TPSA) is 68.5 Å². The molecule has 0 saturated carbocycles. The molecular weight excluding hydrogens is 306 g/mol. The van der Waals surface area contributed by atoms with Crippen LogP contribution in [-0.2, 0) is 16.1 Å². The maximum atomic E-state index is 12.4. The SMILES string of the molecule is CCCC[C@H](OC(=O)c1ccco1)C(=O)NCc1ccc(C)cc1. The molecule has 1 heterocycles. The first kappa shape index (κ1) is 17.8. The molecule has 1 aromatic carbocycles. The van der Waals surface area contributed by atoms with E-state index in [1.165, 1.54) is 17.9 Å². The fourth-order valence-corrected chi connectivity index (χ4v) is 2.22. The lowest BCUT2D eigenvalue weighted by Gasteiger charge is -2.17. The van der Waals surface area contributed by atoms with Crippen LogP contribution < -0.4 is 5.32 Å². The van der Waals surface area contributed by atoms with E-state index in [-0.39, 0.29) is 11.7 Å². The minimum atomic E-state index is -0.812. The van der Waals surface area contributed by atoms with E-state index in [0.717, 1.165) is 18.4 Å². The van der Waals surface area contributed by atoms with Gasteiger partial charge in [0.15, 0.2) is 6.10 Å². The second-order valence-electron chi connectivity index (χ2n) is 5.72. The average molecular weight is 329 g/mol. The fourth-order valence-electron chi connectivity index (χ4n) is 2.22. The number of carbonyl (C=O) groups is 2. The van der Waals surface area contributed by atoms with Gasteiger partial charge in [0.2, 0.25) is 5.76 Å². The van der Waals surface area contributed by atoms with Crippen molar-refractivity contribution in [2.24, 2.45) is 0 Å². The second kappa shape index (κ2) is 8.91. The van der Waals surface area contributed by atoms with Gasteiger partial charge in [-0.05, 0) is 37.5 Å². The van der Waals surface area contributed by atoms with Crippen molar-refractivity contribution in [2.45, 2.75) is 45.8 Å². The number of nitrogens with one attached hydrogen (secondary N) is 1. The van der Waals surface area contributed by atoms with Gasteiger partial charge < -0.3 is 14.5 Å². The molecule has 24 heavy (non-hydrogen) atoms. The number of hydrogen-bond acceptors (Lipinski definition) is 4. The Hall–Kier alpha value is -2.56. The maximum absolute atomic E-state index is 12.4. The van der Waals surface area contributed by atoms with E-state index in [4.69, 9.17) is 9.15 Å². The summed E-state index contributed by atoms with van der Waals surface area (Å²) >= 11 is 0. The van der Waals surface area contributed by atoms with Crippen molar-refractivity contribution in [3.8, 4) is 0 Å². The average Bonchev–Trinajstić information content (AvgIpc) is 3.12. The Morgan fingerprint density at radius 2 is 1.96 bits per heavy atom. The molecule has 1 amide bonds. The summed E-state index contributed by atoms with van der Waals surface area (Å²) in [5, 5.41) is 2.83. The summed E-state index contributed by atoms with van der Waals surface area (Å²) in [6.45, 7) is 4.44. The maximum Gasteiger partial charge on any atom is 0.374 e. The molecule has 0 unspecified atom stereocenters. The van der Waals surface area contributed by atoms with Crippen LogP contribution in [0.15, 0.2) is 47.1 Å². The van der Waals surface area contributed by atoms with Crippen LogP contribution in [0, 0.1) is 6.92 Å². The molecule has 1 atom stereocenters. The van der Waals surface area contributed by atoms with E-state index in [9.17, 15) is 9.59 Å². The number of unbranched alkanes of at least 4 members (excludes halogenated alkanes) is 1. The van der Waals surface area contributed by atoms with Gasteiger partial charge in [-0.3, -0.25) is 4.79 Å². The van der Waals surface area contributed by atoms with Crippen LogP contribution in [0.1, 0.15) is 47.9 Å². The quantitative estimate of drug-likeness (QED) is 0.751. The highest BCUT2D eigenvalue weighted by Crippen LogP contribution is 2.11. The van der Waals surface area contributed by atoms with Crippen molar-refractivity contribution in [3.63, 3.8) is 0 Å². The van der Waals surface area contributed by atoms with Crippen LogP contribution in [0.2, 0.25) is 0 Å². The zero-order valence-electron chi connectivity index (χ0n) is 14.1. The third-order valence-corrected chi connectivity index (χ3v) is 3.67. The molecule has 2 rings (SSSR count). The number of esters is 1. The van der Waals surface area contributed by atoms with Gasteiger partial charge in [-0.25, -0.2) is 4.79 Å². The predicted molar refractivity (Wildman–Crippen MR) is 90.5 cm³/mol. The van der Waals surface area contributed by atoms with E-state index in [1.54, 1.807) is 6.07 Å². The van der Waals surface area contributed by atoms with Crippen LogP contribution >= 0.6 is 0 Å². The summed E-state index contributed by atoms with van der Waals surface area (Å²) in [5.41, 5.74) is 2.17. The van der Waals surface area contributed by atoms with Crippen molar-refractivity contribution >= 4 is 11.9 Å². The molecule has 128 valence electrons. The summed E-state index contributed by atoms with van der Waals surface area (Å²) < 4.78 is 10.3. The highest BCUT2D eigenvalue weighted by atomic mass is 16.6. The van der Waals surface area contributed by atoms with Crippen molar-refractivity contribution in [2.75, 3.05) is 0 Å². The largest absolute Gasteiger partial charge is 0.457 e. The standard InChI is InChI=1S/C19H23NO4/c1-3-4-6-16(24-19(22)17-7-5-12-23-17)18(21)20-13-15-10-8-14(2)9-11-15/h5,7-12,16H,3-4,6,13H2,1-2H3,(H,20,21)/t16-/m0/s1. The monoisotopic (exact) mass is 329 g/mol. The Morgan fingerprint density at radius 1 is 1.21 bits per heavy atom. The second-order valence-corrected chi connectivity index (χ2v) is 5.72. The lowest BCUT2D eigenvalue weighted by Crippen LogP contribution is -2.37. The molecule has 1 aromatic heterocycles. The van der Waals surface area contributed by atoms with Crippen molar-refractivity contribution < 1.29 is 18.7 Å². The molecule has 5 nitrogen and oxygen atoms in total. The first-order valence-electron chi connectivity index (χ1n) is 8.18. The van der Waals surface area contributed by atoms with E-state index >= 15 is 0 Å². The minimum Gasteiger partial charge on any atom is -0.457 e. The normalized spacial score (nSPS) is 11.8. The molecule has 0 aliphatic rings. The summed E-state index contributed by atoms with van der Waals surface area (Å²) in [6, 6.07) is 11.0. The lowest BCUT2D eigenvalue weighted by molar-refractivity contribution is -0.130.